The summed E-state index contributed by atoms with van der Waals surface area (Å²) in [6.07, 6.45) is 9.46. The Bertz CT molecular complexity index is 749. The molecule has 0 bridgehead atoms. The number of carbonyl (C=O) groups excluding carboxylic acids is 1. The summed E-state index contributed by atoms with van der Waals surface area (Å²) in [5.74, 6) is 0.559. The normalized spacial score (nSPS) is 16.1. The fourth-order valence-electron chi connectivity index (χ4n) is 3.71. The van der Waals surface area contributed by atoms with E-state index < -0.39 is 0 Å². The highest BCUT2D eigenvalue weighted by molar-refractivity contribution is 9.11. The molecule has 1 saturated carbocycles. The Balaban J connectivity index is 1.83. The van der Waals surface area contributed by atoms with E-state index in [-0.39, 0.29) is 12.5 Å². The van der Waals surface area contributed by atoms with Crippen LogP contribution in [-0.4, -0.2) is 28.7 Å². The molecule has 1 aliphatic rings. The van der Waals surface area contributed by atoms with Gasteiger partial charge in [0.05, 0.1) is 17.7 Å². The van der Waals surface area contributed by atoms with Crippen LogP contribution in [0.4, 0.5) is 0 Å². The van der Waals surface area contributed by atoms with E-state index >= 15 is 0 Å². The maximum Gasteiger partial charge on any atom is 0.253 e. The number of hydrogen-bond acceptors (Lipinski definition) is 2. The Morgan fingerprint density at radius 1 is 1.20 bits per heavy atom. The molecule has 4 nitrogen and oxygen atoms in total. The van der Waals surface area contributed by atoms with Gasteiger partial charge in [0.1, 0.15) is 0 Å². The van der Waals surface area contributed by atoms with Crippen LogP contribution in [0.2, 0.25) is 0 Å². The minimum Gasteiger partial charge on any atom is -0.395 e. The van der Waals surface area contributed by atoms with Crippen LogP contribution in [0.1, 0.15) is 48.9 Å². The summed E-state index contributed by atoms with van der Waals surface area (Å²) in [6, 6.07) is 3.94. The molecule has 0 aliphatic heterocycles. The van der Waals surface area contributed by atoms with E-state index in [1.54, 1.807) is 0 Å². The number of fused-ring (bicyclic) bond motifs is 1. The van der Waals surface area contributed by atoms with Gasteiger partial charge < -0.3 is 15.0 Å². The summed E-state index contributed by atoms with van der Waals surface area (Å²) < 4.78 is 3.76. The molecule has 0 unspecified atom stereocenters. The number of benzene rings is 1. The molecule has 3 rings (SSSR count). The number of aromatic nitrogens is 1. The molecule has 1 aromatic carbocycles. The first-order chi connectivity index (χ1) is 12.1. The van der Waals surface area contributed by atoms with Crippen LogP contribution >= 0.6 is 31.9 Å². The van der Waals surface area contributed by atoms with Gasteiger partial charge in [-0.25, -0.2) is 0 Å². The molecule has 0 saturated heterocycles. The number of nitrogens with one attached hydrogen (secondary N) is 1. The van der Waals surface area contributed by atoms with Crippen LogP contribution in [0.25, 0.3) is 10.9 Å². The molecule has 1 aliphatic carbocycles. The first-order valence-corrected chi connectivity index (χ1v) is 10.6. The number of halogens is 2. The monoisotopic (exact) mass is 470 g/mol. The topological polar surface area (TPSA) is 54.3 Å². The van der Waals surface area contributed by atoms with Crippen LogP contribution in [0, 0.1) is 5.92 Å². The first kappa shape index (κ1) is 18.9. The zero-order valence-electron chi connectivity index (χ0n) is 14.2. The van der Waals surface area contributed by atoms with Gasteiger partial charge in [0.15, 0.2) is 0 Å². The Morgan fingerprint density at radius 2 is 1.92 bits per heavy atom. The van der Waals surface area contributed by atoms with Gasteiger partial charge in [-0.1, -0.05) is 57.5 Å². The number of hydrogen-bond donors (Lipinski definition) is 2. The van der Waals surface area contributed by atoms with Gasteiger partial charge in [-0.05, 0) is 30.9 Å². The van der Waals surface area contributed by atoms with E-state index in [0.717, 1.165) is 26.4 Å². The third kappa shape index (κ3) is 4.47. The molecule has 0 radical (unpaired) electrons. The van der Waals surface area contributed by atoms with Gasteiger partial charge in [0.25, 0.3) is 5.91 Å². The summed E-state index contributed by atoms with van der Waals surface area (Å²) >= 11 is 7.08. The van der Waals surface area contributed by atoms with Gasteiger partial charge in [0.2, 0.25) is 0 Å². The highest BCUT2D eigenvalue weighted by Crippen LogP contribution is 2.33. The maximum atomic E-state index is 12.8. The van der Waals surface area contributed by atoms with Crippen molar-refractivity contribution >= 4 is 48.7 Å². The number of aliphatic hydroxyl groups excluding tert-OH is 1. The highest BCUT2D eigenvalue weighted by atomic mass is 79.9. The maximum absolute atomic E-state index is 12.8. The molecule has 0 spiro atoms. The van der Waals surface area contributed by atoms with Crippen LogP contribution in [0.3, 0.4) is 0 Å². The number of amides is 1. The zero-order valence-corrected chi connectivity index (χ0v) is 17.4. The van der Waals surface area contributed by atoms with Crippen molar-refractivity contribution in [1.82, 2.24) is 9.88 Å². The number of aliphatic hydroxyl groups is 1. The van der Waals surface area contributed by atoms with E-state index in [0.29, 0.717) is 18.0 Å². The minimum atomic E-state index is -0.0334. The molecule has 1 fully saturated rings. The average Bonchev–Trinajstić information content (AvgIpc) is 2.77. The molecule has 2 N–H and O–H groups in total. The average molecular weight is 472 g/mol. The van der Waals surface area contributed by atoms with Gasteiger partial charge in [-0.2, -0.15) is 0 Å². The van der Waals surface area contributed by atoms with Crippen molar-refractivity contribution in [2.24, 2.45) is 5.92 Å². The lowest BCUT2D eigenvalue weighted by Crippen LogP contribution is -2.29. The summed E-state index contributed by atoms with van der Waals surface area (Å²) in [6.45, 7) is 1.26. The summed E-state index contributed by atoms with van der Waals surface area (Å²) in [4.78, 5) is 12.8. The third-order valence-electron chi connectivity index (χ3n) is 5.01. The Hall–Kier alpha value is -0.850. The molecule has 1 heterocycles. The Kier molecular flexibility index (Phi) is 6.58. The number of rotatable bonds is 5. The van der Waals surface area contributed by atoms with Gasteiger partial charge in [0, 0.05) is 33.6 Å². The van der Waals surface area contributed by atoms with Gasteiger partial charge in [-0.15, -0.1) is 0 Å². The molecular weight excluding hydrogens is 448 g/mol. The summed E-state index contributed by atoms with van der Waals surface area (Å²) in [7, 11) is 0. The number of carbonyl (C=O) groups is 1. The predicted molar refractivity (Wildman–Crippen MR) is 108 cm³/mol. The van der Waals surface area contributed by atoms with Crippen molar-refractivity contribution in [1.29, 1.82) is 0 Å². The SMILES string of the molecule is O=C(NCC1CCCCCC1)c1cn(CCO)c2cc(Br)cc(Br)c12. The van der Waals surface area contributed by atoms with E-state index in [2.05, 4.69) is 37.2 Å². The van der Waals surface area contributed by atoms with Crippen molar-refractivity contribution in [2.45, 2.75) is 45.1 Å². The lowest BCUT2D eigenvalue weighted by molar-refractivity contribution is 0.0947. The van der Waals surface area contributed by atoms with Crippen molar-refractivity contribution in [2.75, 3.05) is 13.2 Å². The second kappa shape index (κ2) is 8.69. The smallest absolute Gasteiger partial charge is 0.253 e. The van der Waals surface area contributed by atoms with Crippen molar-refractivity contribution in [3.8, 4) is 0 Å². The van der Waals surface area contributed by atoms with E-state index in [4.69, 9.17) is 0 Å². The van der Waals surface area contributed by atoms with Crippen LogP contribution in [0.5, 0.6) is 0 Å². The van der Waals surface area contributed by atoms with Crippen molar-refractivity contribution in [3.63, 3.8) is 0 Å². The fourth-order valence-corrected chi connectivity index (χ4v) is 5.12. The van der Waals surface area contributed by atoms with E-state index in [9.17, 15) is 9.90 Å². The molecule has 2 aromatic rings. The summed E-state index contributed by atoms with van der Waals surface area (Å²) in [5, 5.41) is 13.4. The second-order valence-corrected chi connectivity index (χ2v) is 8.58. The molecular formula is C19H24Br2N2O2. The standard InChI is InChI=1S/C19H24Br2N2O2/c20-14-9-16(21)18-15(12-23(7-8-24)17(18)10-14)19(25)22-11-13-5-3-1-2-4-6-13/h9-10,12-13,24H,1-8,11H2,(H,22,25). The molecule has 0 atom stereocenters. The second-order valence-electron chi connectivity index (χ2n) is 6.81. The van der Waals surface area contributed by atoms with Crippen LogP contribution < -0.4 is 5.32 Å². The zero-order chi connectivity index (χ0) is 17.8. The van der Waals surface area contributed by atoms with Gasteiger partial charge in [-0.3, -0.25) is 4.79 Å². The lowest BCUT2D eigenvalue weighted by Gasteiger charge is -2.14. The van der Waals surface area contributed by atoms with E-state index in [1.165, 1.54) is 38.5 Å². The Labute approximate surface area is 165 Å². The molecule has 25 heavy (non-hydrogen) atoms. The van der Waals surface area contributed by atoms with E-state index in [1.807, 2.05) is 22.9 Å². The minimum absolute atomic E-state index is 0.0334. The predicted octanol–water partition coefficient (Wildman–Crippen LogP) is 4.86. The molecule has 6 heteroatoms. The fraction of sp³-hybridized carbons (Fsp3) is 0.526. The number of nitrogens with zero attached hydrogens (tertiary/aromatic N) is 1. The summed E-state index contributed by atoms with van der Waals surface area (Å²) in [5.41, 5.74) is 1.60. The van der Waals surface area contributed by atoms with Crippen LogP contribution in [0.15, 0.2) is 27.3 Å². The largest absolute Gasteiger partial charge is 0.395 e. The molecule has 1 amide bonds. The third-order valence-corrected chi connectivity index (χ3v) is 6.09. The van der Waals surface area contributed by atoms with Crippen molar-refractivity contribution < 1.29 is 9.90 Å². The van der Waals surface area contributed by atoms with Gasteiger partial charge >= 0.3 is 0 Å². The van der Waals surface area contributed by atoms with Crippen molar-refractivity contribution in [3.05, 3.63) is 32.8 Å². The Morgan fingerprint density at radius 3 is 2.60 bits per heavy atom. The first-order valence-electron chi connectivity index (χ1n) is 8.97. The quantitative estimate of drug-likeness (QED) is 0.612. The lowest BCUT2D eigenvalue weighted by atomic mass is 10.0. The van der Waals surface area contributed by atoms with Crippen LogP contribution in [-0.2, 0) is 6.54 Å². The molecule has 1 aromatic heterocycles. The highest BCUT2D eigenvalue weighted by Gasteiger charge is 2.19. The molecule has 136 valence electrons.